The number of non-ortho nitro benzene ring substituents is 1. The number of rotatable bonds is 5. The van der Waals surface area contributed by atoms with Gasteiger partial charge in [0.15, 0.2) is 0 Å². The second-order valence-corrected chi connectivity index (χ2v) is 4.83. The lowest BCUT2D eigenvalue weighted by Gasteiger charge is -2.13. The molecule has 2 N–H and O–H groups in total. The van der Waals surface area contributed by atoms with Gasteiger partial charge in [-0.3, -0.25) is 10.1 Å². The molecule has 2 aromatic rings. The van der Waals surface area contributed by atoms with Crippen molar-refractivity contribution < 1.29 is 9.66 Å². The highest BCUT2D eigenvalue weighted by Gasteiger charge is 2.10. The summed E-state index contributed by atoms with van der Waals surface area (Å²) in [7, 11) is 3.94. The van der Waals surface area contributed by atoms with E-state index in [0.717, 1.165) is 11.3 Å². The number of nitro benzene ring substituents is 1. The normalized spacial score (nSPS) is 10.2. The lowest BCUT2D eigenvalue weighted by atomic mass is 10.2. The van der Waals surface area contributed by atoms with E-state index in [9.17, 15) is 10.1 Å². The zero-order valence-corrected chi connectivity index (χ0v) is 11.9. The van der Waals surface area contributed by atoms with E-state index in [1.54, 1.807) is 0 Å². The van der Waals surface area contributed by atoms with E-state index in [0.29, 0.717) is 18.0 Å². The minimum atomic E-state index is -0.474. The van der Waals surface area contributed by atoms with Crippen molar-refractivity contribution in [3.05, 3.63) is 58.1 Å². The molecule has 2 rings (SSSR count). The van der Waals surface area contributed by atoms with Crippen LogP contribution in [0.25, 0.3) is 0 Å². The van der Waals surface area contributed by atoms with Crippen molar-refractivity contribution in [2.75, 3.05) is 24.7 Å². The van der Waals surface area contributed by atoms with Gasteiger partial charge in [0.25, 0.3) is 5.69 Å². The summed E-state index contributed by atoms with van der Waals surface area (Å²) in [6.07, 6.45) is 0. The number of anilines is 2. The third-order valence-corrected chi connectivity index (χ3v) is 3.06. The van der Waals surface area contributed by atoms with E-state index in [4.69, 9.17) is 10.5 Å². The van der Waals surface area contributed by atoms with Crippen molar-refractivity contribution in [3.63, 3.8) is 0 Å². The number of nitrogen functional groups attached to an aromatic ring is 1. The Labute approximate surface area is 122 Å². The third kappa shape index (κ3) is 3.62. The average molecular weight is 287 g/mol. The Balaban J connectivity index is 2.09. The fourth-order valence-corrected chi connectivity index (χ4v) is 1.81. The van der Waals surface area contributed by atoms with E-state index in [1.807, 2.05) is 43.3 Å². The first-order valence-electron chi connectivity index (χ1n) is 6.40. The number of hydrogen-bond donors (Lipinski definition) is 1. The largest absolute Gasteiger partial charge is 0.486 e. The molecule has 0 aliphatic heterocycles. The smallest absolute Gasteiger partial charge is 0.273 e. The Morgan fingerprint density at radius 2 is 1.86 bits per heavy atom. The molecule has 0 atom stereocenters. The van der Waals surface area contributed by atoms with Crippen LogP contribution in [-0.4, -0.2) is 19.0 Å². The zero-order valence-electron chi connectivity index (χ0n) is 11.9. The first kappa shape index (κ1) is 14.6. The molecule has 0 aromatic heterocycles. The van der Waals surface area contributed by atoms with Gasteiger partial charge in [0.2, 0.25) is 0 Å². The summed E-state index contributed by atoms with van der Waals surface area (Å²) in [5.41, 5.74) is 8.16. The molecule has 0 unspecified atom stereocenters. The van der Waals surface area contributed by atoms with Crippen molar-refractivity contribution in [1.82, 2.24) is 0 Å². The molecule has 21 heavy (non-hydrogen) atoms. The van der Waals surface area contributed by atoms with Crippen LogP contribution in [0.3, 0.4) is 0 Å². The molecule has 2 aromatic carbocycles. The molecule has 0 spiro atoms. The third-order valence-electron chi connectivity index (χ3n) is 3.06. The number of nitrogens with two attached hydrogens (primary N) is 1. The van der Waals surface area contributed by atoms with Gasteiger partial charge < -0.3 is 15.4 Å². The minimum Gasteiger partial charge on any atom is -0.486 e. The monoisotopic (exact) mass is 287 g/mol. The lowest BCUT2D eigenvalue weighted by Crippen LogP contribution is -2.08. The van der Waals surface area contributed by atoms with Gasteiger partial charge in [0.05, 0.1) is 16.7 Å². The molecule has 0 saturated carbocycles. The summed E-state index contributed by atoms with van der Waals surface area (Å²) in [6, 6.07) is 12.0. The second kappa shape index (κ2) is 6.13. The quantitative estimate of drug-likeness (QED) is 0.519. The molecule has 110 valence electrons. The molecule has 0 bridgehead atoms. The van der Waals surface area contributed by atoms with Gasteiger partial charge in [0, 0.05) is 25.8 Å². The Morgan fingerprint density at radius 3 is 2.43 bits per heavy atom. The maximum atomic E-state index is 10.7. The molecule has 0 saturated heterocycles. The summed E-state index contributed by atoms with van der Waals surface area (Å²) in [5.74, 6) is 0.320. The maximum Gasteiger partial charge on any atom is 0.273 e. The minimum absolute atomic E-state index is 0.0397. The van der Waals surface area contributed by atoms with E-state index in [2.05, 4.69) is 0 Å². The number of nitro groups is 1. The topological polar surface area (TPSA) is 81.6 Å². The van der Waals surface area contributed by atoms with E-state index in [-0.39, 0.29) is 5.69 Å². The first-order valence-corrected chi connectivity index (χ1v) is 6.40. The molecule has 0 fully saturated rings. The van der Waals surface area contributed by atoms with Crippen LogP contribution in [0.15, 0.2) is 42.5 Å². The Kier molecular flexibility index (Phi) is 4.27. The average Bonchev–Trinajstić information content (AvgIpc) is 2.46. The number of nitrogens with zero attached hydrogens (tertiary/aromatic N) is 2. The van der Waals surface area contributed by atoms with Gasteiger partial charge in [-0.05, 0) is 23.8 Å². The molecular formula is C15H17N3O3. The maximum absolute atomic E-state index is 10.7. The highest BCUT2D eigenvalue weighted by Crippen LogP contribution is 2.27. The van der Waals surface area contributed by atoms with Crippen LogP contribution < -0.4 is 15.4 Å². The Hall–Kier alpha value is -2.76. The summed E-state index contributed by atoms with van der Waals surface area (Å²) in [5, 5.41) is 10.7. The van der Waals surface area contributed by atoms with Gasteiger partial charge in [0.1, 0.15) is 12.4 Å². The molecular weight excluding hydrogens is 270 g/mol. The Bertz CT molecular complexity index is 639. The molecule has 0 heterocycles. The summed E-state index contributed by atoms with van der Waals surface area (Å²) < 4.78 is 5.57. The first-order chi connectivity index (χ1) is 9.97. The lowest BCUT2D eigenvalue weighted by molar-refractivity contribution is -0.384. The van der Waals surface area contributed by atoms with Gasteiger partial charge >= 0.3 is 0 Å². The van der Waals surface area contributed by atoms with Crippen molar-refractivity contribution in [2.45, 2.75) is 6.61 Å². The van der Waals surface area contributed by atoms with Crippen molar-refractivity contribution in [3.8, 4) is 5.75 Å². The SMILES string of the molecule is CN(C)c1ccc(COc2cc([N+](=O)[O-])ccc2N)cc1. The van der Waals surface area contributed by atoms with Crippen LogP contribution in [0.4, 0.5) is 17.1 Å². The molecule has 6 nitrogen and oxygen atoms in total. The van der Waals surface area contributed by atoms with Gasteiger partial charge in [-0.15, -0.1) is 0 Å². The van der Waals surface area contributed by atoms with Crippen LogP contribution in [-0.2, 0) is 6.61 Å². The summed E-state index contributed by atoms with van der Waals surface area (Å²) in [4.78, 5) is 12.3. The highest BCUT2D eigenvalue weighted by atomic mass is 16.6. The van der Waals surface area contributed by atoms with Crippen LogP contribution in [0.2, 0.25) is 0 Å². The van der Waals surface area contributed by atoms with E-state index >= 15 is 0 Å². The van der Waals surface area contributed by atoms with Crippen molar-refractivity contribution in [2.24, 2.45) is 0 Å². The fraction of sp³-hybridized carbons (Fsp3) is 0.200. The predicted molar refractivity (Wildman–Crippen MR) is 82.6 cm³/mol. The van der Waals surface area contributed by atoms with E-state index in [1.165, 1.54) is 18.2 Å². The predicted octanol–water partition coefficient (Wildman–Crippen LogP) is 2.82. The fourth-order valence-electron chi connectivity index (χ4n) is 1.81. The molecule has 0 aliphatic carbocycles. The Morgan fingerprint density at radius 1 is 1.19 bits per heavy atom. The number of ether oxygens (including phenoxy) is 1. The van der Waals surface area contributed by atoms with E-state index < -0.39 is 4.92 Å². The van der Waals surface area contributed by atoms with Crippen LogP contribution in [0, 0.1) is 10.1 Å². The van der Waals surface area contributed by atoms with Gasteiger partial charge in [-0.1, -0.05) is 12.1 Å². The molecule has 0 radical (unpaired) electrons. The van der Waals surface area contributed by atoms with Gasteiger partial charge in [-0.2, -0.15) is 0 Å². The second-order valence-electron chi connectivity index (χ2n) is 4.83. The molecule has 0 aliphatic rings. The zero-order chi connectivity index (χ0) is 15.4. The summed E-state index contributed by atoms with van der Waals surface area (Å²) >= 11 is 0. The molecule has 6 heteroatoms. The number of benzene rings is 2. The standard InChI is InChI=1S/C15H17N3O3/c1-17(2)12-5-3-11(4-6-12)10-21-15-9-13(18(19)20)7-8-14(15)16/h3-9H,10,16H2,1-2H3. The van der Waals surface area contributed by atoms with Crippen molar-refractivity contribution >= 4 is 17.1 Å². The van der Waals surface area contributed by atoms with Crippen molar-refractivity contribution in [1.29, 1.82) is 0 Å². The van der Waals surface area contributed by atoms with Crippen LogP contribution in [0.1, 0.15) is 5.56 Å². The van der Waals surface area contributed by atoms with Crippen LogP contribution >= 0.6 is 0 Å². The van der Waals surface area contributed by atoms with Gasteiger partial charge in [-0.25, -0.2) is 0 Å². The van der Waals surface area contributed by atoms with Crippen LogP contribution in [0.5, 0.6) is 5.75 Å². The highest BCUT2D eigenvalue weighted by molar-refractivity contribution is 5.57. The number of hydrogen-bond acceptors (Lipinski definition) is 5. The summed E-state index contributed by atoms with van der Waals surface area (Å²) in [6.45, 7) is 0.305. The molecule has 0 amide bonds.